The average Bonchev–Trinajstić information content (AvgIpc) is 2.35. The number of hydrogen-bond donors (Lipinski definition) is 2. The first-order valence-corrected chi connectivity index (χ1v) is 7.12. The Morgan fingerprint density at radius 3 is 2.70 bits per heavy atom. The summed E-state index contributed by atoms with van der Waals surface area (Å²) < 4.78 is 5.51. The quantitative estimate of drug-likeness (QED) is 0.752. The molecule has 6 nitrogen and oxygen atoms in total. The van der Waals surface area contributed by atoms with E-state index in [4.69, 9.17) is 9.84 Å². The Bertz CT molecular complexity index is 339. The average molecular weight is 286 g/mol. The van der Waals surface area contributed by atoms with Gasteiger partial charge < -0.3 is 20.1 Å². The van der Waals surface area contributed by atoms with E-state index in [0.717, 1.165) is 19.4 Å². The van der Waals surface area contributed by atoms with Gasteiger partial charge in [0.15, 0.2) is 0 Å². The summed E-state index contributed by atoms with van der Waals surface area (Å²) in [7, 11) is 0. The summed E-state index contributed by atoms with van der Waals surface area (Å²) >= 11 is 0. The minimum atomic E-state index is -0.854. The Hall–Kier alpha value is -1.14. The Morgan fingerprint density at radius 2 is 2.10 bits per heavy atom. The Balaban J connectivity index is 2.32. The fourth-order valence-corrected chi connectivity index (χ4v) is 2.21. The van der Waals surface area contributed by atoms with Gasteiger partial charge in [-0.3, -0.25) is 9.59 Å². The largest absolute Gasteiger partial charge is 0.480 e. The van der Waals surface area contributed by atoms with E-state index in [1.54, 1.807) is 0 Å². The summed E-state index contributed by atoms with van der Waals surface area (Å²) in [5.74, 6) is -0.517. The maximum absolute atomic E-state index is 12.1. The number of carbonyl (C=O) groups excluding carboxylic acids is 1. The number of nitrogens with one attached hydrogen (secondary N) is 1. The molecule has 1 rings (SSSR count). The van der Waals surface area contributed by atoms with E-state index >= 15 is 0 Å². The minimum absolute atomic E-state index is 0.0165. The van der Waals surface area contributed by atoms with Crippen LogP contribution in [-0.2, 0) is 14.3 Å². The van der Waals surface area contributed by atoms with Gasteiger partial charge in [-0.25, -0.2) is 0 Å². The van der Waals surface area contributed by atoms with Gasteiger partial charge in [-0.2, -0.15) is 0 Å². The molecule has 6 heteroatoms. The summed E-state index contributed by atoms with van der Waals surface area (Å²) in [4.78, 5) is 24.3. The van der Waals surface area contributed by atoms with Gasteiger partial charge in [0.25, 0.3) is 0 Å². The molecule has 1 amide bonds. The van der Waals surface area contributed by atoms with Crippen molar-refractivity contribution >= 4 is 11.9 Å². The first-order valence-electron chi connectivity index (χ1n) is 7.12. The summed E-state index contributed by atoms with van der Waals surface area (Å²) in [6, 6.07) is 0. The molecule has 1 saturated heterocycles. The van der Waals surface area contributed by atoms with Gasteiger partial charge >= 0.3 is 5.97 Å². The van der Waals surface area contributed by atoms with Gasteiger partial charge in [0.05, 0.1) is 12.1 Å². The maximum atomic E-state index is 12.1. The molecule has 0 aromatic rings. The molecule has 20 heavy (non-hydrogen) atoms. The van der Waals surface area contributed by atoms with Crippen molar-refractivity contribution in [2.24, 2.45) is 5.92 Å². The highest BCUT2D eigenvalue weighted by atomic mass is 16.5. The second-order valence-electron chi connectivity index (χ2n) is 6.27. The van der Waals surface area contributed by atoms with E-state index in [1.165, 1.54) is 0 Å². The van der Waals surface area contributed by atoms with Crippen LogP contribution in [0.4, 0.5) is 0 Å². The van der Waals surface area contributed by atoms with E-state index in [2.05, 4.69) is 5.32 Å². The number of carboxylic acid groups (broad SMARTS) is 1. The molecule has 0 spiro atoms. The van der Waals surface area contributed by atoms with Gasteiger partial charge in [-0.05, 0) is 39.5 Å². The first kappa shape index (κ1) is 16.9. The number of amides is 1. The molecule has 116 valence electrons. The van der Waals surface area contributed by atoms with Crippen molar-refractivity contribution in [1.29, 1.82) is 0 Å². The van der Waals surface area contributed by atoms with Crippen LogP contribution in [0.5, 0.6) is 0 Å². The van der Waals surface area contributed by atoms with Gasteiger partial charge in [-0.1, -0.05) is 0 Å². The summed E-state index contributed by atoms with van der Waals surface area (Å²) in [6.45, 7) is 7.94. The van der Waals surface area contributed by atoms with Gasteiger partial charge in [-0.15, -0.1) is 0 Å². The Morgan fingerprint density at radius 1 is 1.40 bits per heavy atom. The van der Waals surface area contributed by atoms with Crippen LogP contribution in [0.3, 0.4) is 0 Å². The Kier molecular flexibility index (Phi) is 6.42. The second kappa shape index (κ2) is 7.59. The van der Waals surface area contributed by atoms with Crippen molar-refractivity contribution in [3.8, 4) is 0 Å². The monoisotopic (exact) mass is 286 g/mol. The lowest BCUT2D eigenvalue weighted by atomic mass is 9.98. The van der Waals surface area contributed by atoms with Crippen molar-refractivity contribution in [3.05, 3.63) is 0 Å². The molecule has 1 aliphatic rings. The lowest BCUT2D eigenvalue weighted by molar-refractivity contribution is -0.143. The van der Waals surface area contributed by atoms with Crippen LogP contribution >= 0.6 is 0 Å². The predicted octanol–water partition coefficient (Wildman–Crippen LogP) is 0.714. The third-order valence-electron chi connectivity index (χ3n) is 3.21. The molecular formula is C14H26N2O4. The standard InChI is InChI=1S/C14H26N2O4/c1-14(2,3)20-10-12(17)16-6-4-5-11(9-16)7-15-8-13(18)19/h11,15H,4-10H2,1-3H3,(H,18,19). The minimum Gasteiger partial charge on any atom is -0.480 e. The topological polar surface area (TPSA) is 78.9 Å². The van der Waals surface area contributed by atoms with Crippen LogP contribution in [0.25, 0.3) is 0 Å². The first-order chi connectivity index (χ1) is 9.28. The molecule has 1 aliphatic heterocycles. The van der Waals surface area contributed by atoms with Crippen molar-refractivity contribution in [1.82, 2.24) is 10.2 Å². The van der Waals surface area contributed by atoms with Gasteiger partial charge in [0.1, 0.15) is 6.61 Å². The van der Waals surface area contributed by atoms with Crippen molar-refractivity contribution in [2.45, 2.75) is 39.2 Å². The normalized spacial score (nSPS) is 19.9. The van der Waals surface area contributed by atoms with Crippen LogP contribution in [0, 0.1) is 5.92 Å². The zero-order chi connectivity index (χ0) is 15.2. The summed E-state index contributed by atoms with van der Waals surface area (Å²) in [5, 5.41) is 11.5. The number of likely N-dealkylation sites (tertiary alicyclic amines) is 1. The number of carboxylic acids is 1. The highest BCUT2D eigenvalue weighted by molar-refractivity contribution is 5.77. The molecule has 0 radical (unpaired) electrons. The number of rotatable bonds is 6. The van der Waals surface area contributed by atoms with Crippen molar-refractivity contribution in [2.75, 3.05) is 32.8 Å². The van der Waals surface area contributed by atoms with Gasteiger partial charge in [0.2, 0.25) is 5.91 Å². The molecule has 1 heterocycles. The van der Waals surface area contributed by atoms with E-state index in [-0.39, 0.29) is 24.7 Å². The highest BCUT2D eigenvalue weighted by Crippen LogP contribution is 2.16. The third kappa shape index (κ3) is 6.86. The number of hydrogen-bond acceptors (Lipinski definition) is 4. The van der Waals surface area contributed by atoms with Crippen molar-refractivity contribution in [3.63, 3.8) is 0 Å². The fraction of sp³-hybridized carbons (Fsp3) is 0.857. The SMILES string of the molecule is CC(C)(C)OCC(=O)N1CCCC(CNCC(=O)O)C1. The molecule has 0 aromatic heterocycles. The zero-order valence-corrected chi connectivity index (χ0v) is 12.6. The molecule has 0 aromatic carbocycles. The number of ether oxygens (including phenoxy) is 1. The number of carbonyl (C=O) groups is 2. The van der Waals surface area contributed by atoms with E-state index in [9.17, 15) is 9.59 Å². The lowest BCUT2D eigenvalue weighted by Gasteiger charge is -2.33. The molecule has 2 N–H and O–H groups in total. The van der Waals surface area contributed by atoms with Gasteiger partial charge in [0, 0.05) is 19.6 Å². The highest BCUT2D eigenvalue weighted by Gasteiger charge is 2.24. The molecule has 0 bridgehead atoms. The molecule has 1 unspecified atom stereocenters. The third-order valence-corrected chi connectivity index (χ3v) is 3.21. The van der Waals surface area contributed by atoms with Crippen LogP contribution in [0.1, 0.15) is 33.6 Å². The number of aliphatic carboxylic acids is 1. The van der Waals surface area contributed by atoms with Crippen LogP contribution in [-0.4, -0.2) is 60.3 Å². The molecule has 1 fully saturated rings. The Labute approximate surface area is 120 Å². The van der Waals surface area contributed by atoms with Crippen LogP contribution < -0.4 is 5.32 Å². The maximum Gasteiger partial charge on any atom is 0.317 e. The second-order valence-corrected chi connectivity index (χ2v) is 6.27. The van der Waals surface area contributed by atoms with E-state index < -0.39 is 5.97 Å². The fourth-order valence-electron chi connectivity index (χ4n) is 2.21. The molecule has 1 atom stereocenters. The van der Waals surface area contributed by atoms with E-state index in [1.807, 2.05) is 25.7 Å². The van der Waals surface area contributed by atoms with Crippen LogP contribution in [0.2, 0.25) is 0 Å². The molecule has 0 saturated carbocycles. The summed E-state index contributed by atoms with van der Waals surface area (Å²) in [6.07, 6.45) is 1.98. The number of nitrogens with zero attached hydrogens (tertiary/aromatic N) is 1. The predicted molar refractivity (Wildman–Crippen MR) is 75.5 cm³/mol. The number of piperidine rings is 1. The summed E-state index contributed by atoms with van der Waals surface area (Å²) in [5.41, 5.74) is -0.312. The van der Waals surface area contributed by atoms with Crippen molar-refractivity contribution < 1.29 is 19.4 Å². The molecular weight excluding hydrogens is 260 g/mol. The van der Waals surface area contributed by atoms with E-state index in [0.29, 0.717) is 19.0 Å². The molecule has 0 aliphatic carbocycles. The smallest absolute Gasteiger partial charge is 0.317 e. The lowest BCUT2D eigenvalue weighted by Crippen LogP contribution is -2.45. The zero-order valence-electron chi connectivity index (χ0n) is 12.6. The van der Waals surface area contributed by atoms with Crippen LogP contribution in [0.15, 0.2) is 0 Å².